The second-order valence-corrected chi connectivity index (χ2v) is 5.93. The normalized spacial score (nSPS) is 25.1. The maximum Gasteiger partial charge on any atom is 0.239 e. The monoisotopic (exact) mass is 278 g/mol. The first kappa shape index (κ1) is 9.16. The number of hydrogen-bond donors (Lipinski definition) is 0. The van der Waals surface area contributed by atoms with Crippen LogP contribution in [-0.4, -0.2) is 16.9 Å². The number of pyridine rings is 1. The van der Waals surface area contributed by atoms with Crippen molar-refractivity contribution in [3.63, 3.8) is 0 Å². The lowest BCUT2D eigenvalue weighted by Gasteiger charge is -2.15. The van der Waals surface area contributed by atoms with Crippen LogP contribution in [0.2, 0.25) is 0 Å². The van der Waals surface area contributed by atoms with Crippen LogP contribution in [0.5, 0.6) is 0 Å². The summed E-state index contributed by atoms with van der Waals surface area (Å²) in [4.78, 5) is 18.8. The standard InChI is InChI=1S/C12H11BrN2O/c13-7-5-9-10(14-6-7)15(8-1-2-8)11(16)12(9)3-4-12/h5-6,8H,1-4H2. The van der Waals surface area contributed by atoms with Crippen LogP contribution in [-0.2, 0) is 10.2 Å². The fraction of sp³-hybridized carbons (Fsp3) is 0.500. The molecule has 3 aliphatic rings. The third kappa shape index (κ3) is 0.986. The summed E-state index contributed by atoms with van der Waals surface area (Å²) in [7, 11) is 0. The maximum absolute atomic E-state index is 12.4. The highest BCUT2D eigenvalue weighted by Gasteiger charge is 2.61. The van der Waals surface area contributed by atoms with E-state index in [9.17, 15) is 4.79 Å². The van der Waals surface area contributed by atoms with Crippen LogP contribution < -0.4 is 4.90 Å². The Hall–Kier alpha value is -0.900. The predicted molar refractivity (Wildman–Crippen MR) is 63.4 cm³/mol. The van der Waals surface area contributed by atoms with Crippen molar-refractivity contribution in [3.8, 4) is 0 Å². The molecule has 1 spiro atoms. The Bertz CT molecular complexity index is 506. The average molecular weight is 279 g/mol. The molecule has 1 aromatic heterocycles. The molecule has 2 heterocycles. The molecule has 4 rings (SSSR count). The molecule has 0 saturated heterocycles. The van der Waals surface area contributed by atoms with E-state index in [4.69, 9.17) is 0 Å². The highest BCUT2D eigenvalue weighted by molar-refractivity contribution is 9.10. The van der Waals surface area contributed by atoms with Gasteiger partial charge in [-0.05, 0) is 47.7 Å². The number of carbonyl (C=O) groups excluding carboxylic acids is 1. The molecule has 1 aromatic rings. The molecule has 4 heteroatoms. The van der Waals surface area contributed by atoms with Gasteiger partial charge in [0.2, 0.25) is 5.91 Å². The molecule has 0 radical (unpaired) electrons. The lowest BCUT2D eigenvalue weighted by molar-refractivity contribution is -0.120. The number of amides is 1. The number of anilines is 1. The van der Waals surface area contributed by atoms with Crippen LogP contribution in [0.3, 0.4) is 0 Å². The zero-order valence-electron chi connectivity index (χ0n) is 8.74. The van der Waals surface area contributed by atoms with E-state index in [0.717, 1.165) is 41.5 Å². The minimum Gasteiger partial charge on any atom is -0.293 e. The van der Waals surface area contributed by atoms with Crippen molar-refractivity contribution in [2.75, 3.05) is 4.90 Å². The van der Waals surface area contributed by atoms with E-state index in [1.165, 1.54) is 0 Å². The average Bonchev–Trinajstić information content (AvgIpc) is 3.13. The van der Waals surface area contributed by atoms with E-state index in [2.05, 4.69) is 27.0 Å². The van der Waals surface area contributed by atoms with Crippen LogP contribution in [0.15, 0.2) is 16.7 Å². The summed E-state index contributed by atoms with van der Waals surface area (Å²) in [5.74, 6) is 1.23. The van der Waals surface area contributed by atoms with Crippen molar-refractivity contribution < 1.29 is 4.79 Å². The first-order valence-corrected chi connectivity index (χ1v) is 6.51. The van der Waals surface area contributed by atoms with E-state index < -0.39 is 0 Å². The maximum atomic E-state index is 12.4. The van der Waals surface area contributed by atoms with Crippen molar-refractivity contribution in [1.82, 2.24) is 4.98 Å². The number of rotatable bonds is 1. The molecule has 0 atom stereocenters. The Morgan fingerprint density at radius 1 is 1.44 bits per heavy atom. The second-order valence-electron chi connectivity index (χ2n) is 5.01. The Morgan fingerprint density at radius 2 is 2.19 bits per heavy atom. The van der Waals surface area contributed by atoms with E-state index in [0.29, 0.717) is 11.9 Å². The Labute approximate surface area is 102 Å². The summed E-state index contributed by atoms with van der Waals surface area (Å²) >= 11 is 3.44. The van der Waals surface area contributed by atoms with Crippen LogP contribution in [0.25, 0.3) is 0 Å². The SMILES string of the molecule is O=C1N(C2CC2)c2ncc(Br)cc2C12CC2. The number of aromatic nitrogens is 1. The molecule has 0 aromatic carbocycles. The van der Waals surface area contributed by atoms with Crippen molar-refractivity contribution in [3.05, 3.63) is 22.3 Å². The number of halogens is 1. The van der Waals surface area contributed by atoms with E-state index >= 15 is 0 Å². The Kier molecular flexibility index (Phi) is 1.53. The third-order valence-electron chi connectivity index (χ3n) is 3.87. The van der Waals surface area contributed by atoms with Gasteiger partial charge < -0.3 is 0 Å². The van der Waals surface area contributed by atoms with Crippen molar-refractivity contribution in [1.29, 1.82) is 0 Å². The van der Waals surface area contributed by atoms with Gasteiger partial charge in [0.05, 0.1) is 5.41 Å². The molecule has 1 amide bonds. The third-order valence-corrected chi connectivity index (χ3v) is 4.30. The van der Waals surface area contributed by atoms with Crippen LogP contribution >= 0.6 is 15.9 Å². The molecule has 82 valence electrons. The smallest absolute Gasteiger partial charge is 0.239 e. The number of fused-ring (bicyclic) bond motifs is 2. The van der Waals surface area contributed by atoms with Crippen LogP contribution in [0.1, 0.15) is 31.2 Å². The molecule has 16 heavy (non-hydrogen) atoms. The van der Waals surface area contributed by atoms with Gasteiger partial charge in [0.25, 0.3) is 0 Å². The minimum absolute atomic E-state index is 0.186. The summed E-state index contributed by atoms with van der Waals surface area (Å²) in [6.45, 7) is 0. The van der Waals surface area contributed by atoms with Gasteiger partial charge in [0.15, 0.2) is 0 Å². The molecular weight excluding hydrogens is 268 g/mol. The summed E-state index contributed by atoms with van der Waals surface area (Å²) < 4.78 is 0.975. The quantitative estimate of drug-likeness (QED) is 0.790. The van der Waals surface area contributed by atoms with E-state index in [-0.39, 0.29) is 5.41 Å². The van der Waals surface area contributed by atoms with Crippen molar-refractivity contribution in [2.24, 2.45) is 0 Å². The Morgan fingerprint density at radius 3 is 2.81 bits per heavy atom. The van der Waals surface area contributed by atoms with Gasteiger partial charge in [-0.2, -0.15) is 0 Å². The van der Waals surface area contributed by atoms with Gasteiger partial charge in [-0.15, -0.1) is 0 Å². The number of nitrogens with zero attached hydrogens (tertiary/aromatic N) is 2. The topological polar surface area (TPSA) is 33.2 Å². The summed E-state index contributed by atoms with van der Waals surface area (Å²) in [5, 5.41) is 0. The summed E-state index contributed by atoms with van der Waals surface area (Å²) in [6.07, 6.45) is 6.07. The van der Waals surface area contributed by atoms with Crippen LogP contribution in [0.4, 0.5) is 5.82 Å². The molecule has 0 unspecified atom stereocenters. The highest BCUT2D eigenvalue weighted by Crippen LogP contribution is 2.58. The Balaban J connectivity index is 1.93. The molecule has 2 saturated carbocycles. The second kappa shape index (κ2) is 2.67. The lowest BCUT2D eigenvalue weighted by atomic mass is 10.00. The molecule has 2 fully saturated rings. The molecule has 0 N–H and O–H groups in total. The first-order chi connectivity index (χ1) is 7.72. The van der Waals surface area contributed by atoms with Crippen LogP contribution in [0, 0.1) is 0 Å². The van der Waals surface area contributed by atoms with Gasteiger partial charge in [0.1, 0.15) is 5.82 Å². The fourth-order valence-corrected chi connectivity index (χ4v) is 3.03. The van der Waals surface area contributed by atoms with Gasteiger partial charge in [0, 0.05) is 22.3 Å². The minimum atomic E-state index is -0.186. The van der Waals surface area contributed by atoms with Crippen molar-refractivity contribution in [2.45, 2.75) is 37.1 Å². The lowest BCUT2D eigenvalue weighted by Crippen LogP contribution is -2.34. The molecular formula is C12H11BrN2O. The van der Waals surface area contributed by atoms with Gasteiger partial charge >= 0.3 is 0 Å². The number of hydrogen-bond acceptors (Lipinski definition) is 2. The molecule has 3 nitrogen and oxygen atoms in total. The predicted octanol–water partition coefficient (Wildman–Crippen LogP) is 2.38. The number of carbonyl (C=O) groups is 1. The zero-order valence-corrected chi connectivity index (χ0v) is 10.3. The van der Waals surface area contributed by atoms with E-state index in [1.54, 1.807) is 6.20 Å². The largest absolute Gasteiger partial charge is 0.293 e. The zero-order chi connectivity index (χ0) is 10.9. The first-order valence-electron chi connectivity index (χ1n) is 5.72. The summed E-state index contributed by atoms with van der Waals surface area (Å²) in [5.41, 5.74) is 0.966. The molecule has 2 aliphatic carbocycles. The molecule has 1 aliphatic heterocycles. The fourth-order valence-electron chi connectivity index (χ4n) is 2.70. The van der Waals surface area contributed by atoms with Gasteiger partial charge in [-0.25, -0.2) is 4.98 Å². The highest BCUT2D eigenvalue weighted by atomic mass is 79.9. The van der Waals surface area contributed by atoms with Gasteiger partial charge in [-0.1, -0.05) is 0 Å². The summed E-state index contributed by atoms with van der Waals surface area (Å²) in [6, 6.07) is 2.51. The van der Waals surface area contributed by atoms with Gasteiger partial charge in [-0.3, -0.25) is 9.69 Å². The molecule has 0 bridgehead atoms. The van der Waals surface area contributed by atoms with E-state index in [1.807, 2.05) is 4.90 Å². The van der Waals surface area contributed by atoms with Crippen molar-refractivity contribution >= 4 is 27.7 Å².